The second-order valence-corrected chi connectivity index (χ2v) is 5.96. The number of aromatic carboxylic acids is 1. The number of pyridine rings is 1. The van der Waals surface area contributed by atoms with E-state index >= 15 is 0 Å². The maximum absolute atomic E-state index is 11.4. The lowest BCUT2D eigenvalue weighted by molar-refractivity contribution is -0.115. The smallest absolute Gasteiger partial charge is 0.337 e. The highest BCUT2D eigenvalue weighted by Gasteiger charge is 2.10. The second-order valence-electron chi connectivity index (χ2n) is 3.70. The number of hydrogen-bond acceptors (Lipinski definition) is 5. The molecule has 0 spiro atoms. The first kappa shape index (κ1) is 14.1. The summed E-state index contributed by atoms with van der Waals surface area (Å²) >= 11 is 0. The van der Waals surface area contributed by atoms with Crippen molar-refractivity contribution in [3.63, 3.8) is 0 Å². The summed E-state index contributed by atoms with van der Waals surface area (Å²) < 4.78 is 21.7. The van der Waals surface area contributed by atoms with Crippen LogP contribution in [0.15, 0.2) is 18.5 Å². The molecule has 1 rings (SSSR count). The molecular weight excluding hydrogens is 260 g/mol. The van der Waals surface area contributed by atoms with Crippen LogP contribution in [0.25, 0.3) is 0 Å². The van der Waals surface area contributed by atoms with Gasteiger partial charge in [0, 0.05) is 18.9 Å². The average Bonchev–Trinajstić information content (AvgIpc) is 2.26. The normalized spacial score (nSPS) is 10.9. The molecule has 1 amide bonds. The zero-order chi connectivity index (χ0) is 13.8. The van der Waals surface area contributed by atoms with E-state index in [-0.39, 0.29) is 23.4 Å². The fourth-order valence-electron chi connectivity index (χ4n) is 1.13. The van der Waals surface area contributed by atoms with Crippen molar-refractivity contribution in [2.24, 2.45) is 0 Å². The van der Waals surface area contributed by atoms with Crippen LogP contribution < -0.4 is 5.32 Å². The van der Waals surface area contributed by atoms with Gasteiger partial charge >= 0.3 is 5.97 Å². The summed E-state index contributed by atoms with van der Waals surface area (Å²) in [4.78, 5) is 25.7. The van der Waals surface area contributed by atoms with Gasteiger partial charge in [-0.1, -0.05) is 0 Å². The van der Waals surface area contributed by atoms with E-state index in [1.54, 1.807) is 0 Å². The first-order valence-corrected chi connectivity index (χ1v) is 7.00. The number of anilines is 1. The first-order valence-electron chi connectivity index (χ1n) is 4.94. The van der Waals surface area contributed by atoms with Crippen molar-refractivity contribution in [1.82, 2.24) is 4.98 Å². The molecule has 0 fully saturated rings. The van der Waals surface area contributed by atoms with Gasteiger partial charge in [-0.3, -0.25) is 9.78 Å². The van der Waals surface area contributed by atoms with E-state index in [1.165, 1.54) is 12.3 Å². The number of amides is 1. The topological polar surface area (TPSA) is 113 Å². The molecule has 0 aliphatic carbocycles. The molecule has 0 unspecified atom stereocenters. The van der Waals surface area contributed by atoms with Crippen molar-refractivity contribution in [2.45, 2.75) is 6.42 Å². The lowest BCUT2D eigenvalue weighted by Gasteiger charge is -2.04. The Labute approximate surface area is 104 Å². The fraction of sp³-hybridized carbons (Fsp3) is 0.300. The maximum atomic E-state index is 11.4. The summed E-state index contributed by atoms with van der Waals surface area (Å²) in [6, 6.07) is 1.24. The molecule has 0 saturated carbocycles. The van der Waals surface area contributed by atoms with Crippen LogP contribution in [0.3, 0.4) is 0 Å². The number of nitrogens with one attached hydrogen (secondary N) is 1. The van der Waals surface area contributed by atoms with Crippen molar-refractivity contribution < 1.29 is 23.1 Å². The number of rotatable bonds is 5. The van der Waals surface area contributed by atoms with E-state index in [0.717, 1.165) is 12.5 Å². The van der Waals surface area contributed by atoms with Crippen LogP contribution in [0, 0.1) is 0 Å². The van der Waals surface area contributed by atoms with E-state index in [4.69, 9.17) is 5.11 Å². The zero-order valence-corrected chi connectivity index (χ0v) is 10.4. The van der Waals surface area contributed by atoms with Crippen LogP contribution in [0.4, 0.5) is 5.69 Å². The average molecular weight is 272 g/mol. The SMILES string of the molecule is CS(=O)(=O)CCC(=O)Nc1cncc(C(=O)O)c1. The standard InChI is InChI=1S/C10H12N2O5S/c1-18(16,17)3-2-9(13)12-8-4-7(10(14)15)5-11-6-8/h4-6H,2-3H2,1H3,(H,12,13)(H,14,15). The third-order valence-corrected chi connectivity index (χ3v) is 2.91. The summed E-state index contributed by atoms with van der Waals surface area (Å²) in [5.41, 5.74) is 0.157. The van der Waals surface area contributed by atoms with Crippen molar-refractivity contribution in [1.29, 1.82) is 0 Å². The molecule has 7 nitrogen and oxygen atoms in total. The monoisotopic (exact) mass is 272 g/mol. The summed E-state index contributed by atoms with van der Waals surface area (Å²) in [6.45, 7) is 0. The number of nitrogens with zero attached hydrogens (tertiary/aromatic N) is 1. The molecule has 0 aromatic carbocycles. The van der Waals surface area contributed by atoms with Crippen LogP contribution in [0.5, 0.6) is 0 Å². The molecule has 0 aliphatic rings. The summed E-state index contributed by atoms with van der Waals surface area (Å²) in [5, 5.41) is 11.1. The molecule has 0 saturated heterocycles. The number of carbonyl (C=O) groups excluding carboxylic acids is 1. The molecule has 8 heteroatoms. The highest BCUT2D eigenvalue weighted by atomic mass is 32.2. The van der Waals surface area contributed by atoms with Crippen LogP contribution >= 0.6 is 0 Å². The van der Waals surface area contributed by atoms with E-state index < -0.39 is 21.7 Å². The van der Waals surface area contributed by atoms with E-state index in [2.05, 4.69) is 10.3 Å². The lowest BCUT2D eigenvalue weighted by Crippen LogP contribution is -2.16. The van der Waals surface area contributed by atoms with E-state index in [0.29, 0.717) is 0 Å². The minimum absolute atomic E-state index is 0.0593. The predicted octanol–water partition coefficient (Wildman–Crippen LogP) is 0.153. The Balaban J connectivity index is 2.65. The van der Waals surface area contributed by atoms with Crippen LogP contribution in [0.2, 0.25) is 0 Å². The summed E-state index contributed by atoms with van der Waals surface area (Å²) in [5.74, 6) is -1.93. The van der Waals surface area contributed by atoms with Crippen LogP contribution in [-0.4, -0.2) is 42.4 Å². The number of carbonyl (C=O) groups is 2. The quantitative estimate of drug-likeness (QED) is 0.789. The molecule has 1 aromatic heterocycles. The van der Waals surface area contributed by atoms with Crippen LogP contribution in [-0.2, 0) is 14.6 Å². The lowest BCUT2D eigenvalue weighted by atomic mass is 10.2. The van der Waals surface area contributed by atoms with Crippen molar-refractivity contribution in [3.05, 3.63) is 24.0 Å². The minimum atomic E-state index is -3.20. The highest BCUT2D eigenvalue weighted by molar-refractivity contribution is 7.90. The van der Waals surface area contributed by atoms with Gasteiger partial charge in [0.25, 0.3) is 0 Å². The van der Waals surface area contributed by atoms with Crippen LogP contribution in [0.1, 0.15) is 16.8 Å². The third-order valence-electron chi connectivity index (χ3n) is 1.97. The summed E-state index contributed by atoms with van der Waals surface area (Å²) in [7, 11) is -3.20. The Kier molecular flexibility index (Phi) is 4.38. The molecule has 0 atom stereocenters. The van der Waals surface area contributed by atoms with Gasteiger partial charge in [0.15, 0.2) is 0 Å². The molecule has 0 aliphatic heterocycles. The number of hydrogen-bond donors (Lipinski definition) is 2. The predicted molar refractivity (Wildman–Crippen MR) is 64.2 cm³/mol. The molecule has 0 bridgehead atoms. The Morgan fingerprint density at radius 1 is 1.39 bits per heavy atom. The number of carboxylic acids is 1. The molecule has 1 heterocycles. The van der Waals surface area contributed by atoms with E-state index in [1.807, 2.05) is 0 Å². The van der Waals surface area contributed by atoms with Crippen molar-refractivity contribution in [3.8, 4) is 0 Å². The molecule has 18 heavy (non-hydrogen) atoms. The molecule has 0 radical (unpaired) electrons. The Morgan fingerprint density at radius 3 is 2.61 bits per heavy atom. The Bertz CT molecular complexity index is 567. The molecule has 2 N–H and O–H groups in total. The van der Waals surface area contributed by atoms with Gasteiger partial charge in [-0.25, -0.2) is 13.2 Å². The number of carboxylic acid groups (broad SMARTS) is 1. The first-order chi connectivity index (χ1) is 8.28. The van der Waals surface area contributed by atoms with Gasteiger partial charge in [0.1, 0.15) is 9.84 Å². The van der Waals surface area contributed by atoms with Gasteiger partial charge in [-0.05, 0) is 6.07 Å². The largest absolute Gasteiger partial charge is 0.478 e. The summed E-state index contributed by atoms with van der Waals surface area (Å²) in [6.07, 6.45) is 3.28. The van der Waals surface area contributed by atoms with Gasteiger partial charge in [0.2, 0.25) is 5.91 Å². The maximum Gasteiger partial charge on any atom is 0.337 e. The van der Waals surface area contributed by atoms with E-state index in [9.17, 15) is 18.0 Å². The number of sulfone groups is 1. The molecular formula is C10H12N2O5S. The molecule has 98 valence electrons. The fourth-order valence-corrected chi connectivity index (χ4v) is 1.68. The minimum Gasteiger partial charge on any atom is -0.478 e. The van der Waals surface area contributed by atoms with Crippen molar-refractivity contribution >= 4 is 27.4 Å². The van der Waals surface area contributed by atoms with Gasteiger partial charge in [-0.15, -0.1) is 0 Å². The highest BCUT2D eigenvalue weighted by Crippen LogP contribution is 2.08. The number of aromatic nitrogens is 1. The Morgan fingerprint density at radius 2 is 2.06 bits per heavy atom. The molecule has 1 aromatic rings. The van der Waals surface area contributed by atoms with Gasteiger partial charge in [-0.2, -0.15) is 0 Å². The van der Waals surface area contributed by atoms with Gasteiger partial charge in [0.05, 0.1) is 23.2 Å². The Hall–Kier alpha value is -1.96. The van der Waals surface area contributed by atoms with Crippen molar-refractivity contribution in [2.75, 3.05) is 17.3 Å². The van der Waals surface area contributed by atoms with Gasteiger partial charge < -0.3 is 10.4 Å². The third kappa shape index (κ3) is 4.91. The zero-order valence-electron chi connectivity index (χ0n) is 9.58. The second kappa shape index (κ2) is 5.58.